The van der Waals surface area contributed by atoms with Crippen LogP contribution in [0.4, 0.5) is 5.69 Å². The van der Waals surface area contributed by atoms with Gasteiger partial charge in [-0.25, -0.2) is 4.79 Å². The quantitative estimate of drug-likeness (QED) is 0.781. The van der Waals surface area contributed by atoms with Crippen molar-refractivity contribution in [3.63, 3.8) is 0 Å². The lowest BCUT2D eigenvalue weighted by molar-refractivity contribution is -0.119. The number of anilines is 1. The number of benzene rings is 1. The fourth-order valence-electron chi connectivity index (χ4n) is 3.21. The summed E-state index contributed by atoms with van der Waals surface area (Å²) < 4.78 is 5.20. The zero-order valence-corrected chi connectivity index (χ0v) is 17.1. The molecule has 28 heavy (non-hydrogen) atoms. The van der Waals surface area contributed by atoms with Gasteiger partial charge in [-0.1, -0.05) is 6.92 Å². The first-order chi connectivity index (χ1) is 13.3. The number of nitrogens with one attached hydrogen (secondary N) is 1. The van der Waals surface area contributed by atoms with E-state index in [2.05, 4.69) is 12.2 Å². The Balaban J connectivity index is 1.53. The maximum Gasteiger partial charge on any atom is 0.339 e. The molecule has 1 unspecified atom stereocenters. The van der Waals surface area contributed by atoms with Crippen LogP contribution < -0.4 is 5.32 Å². The van der Waals surface area contributed by atoms with E-state index in [0.717, 1.165) is 24.8 Å². The Labute approximate surface area is 168 Å². The first-order valence-corrected chi connectivity index (χ1v) is 10.1. The summed E-state index contributed by atoms with van der Waals surface area (Å²) in [6, 6.07) is 6.57. The number of esters is 1. The molecule has 0 bridgehead atoms. The SMILES string of the molecule is CC1CCc2c(C(=O)OCC(=O)Nc3ccc(C(=O)N(C)C)cc3)csc2C1. The third kappa shape index (κ3) is 4.59. The van der Waals surface area contributed by atoms with Crippen molar-refractivity contribution in [3.8, 4) is 0 Å². The summed E-state index contributed by atoms with van der Waals surface area (Å²) in [7, 11) is 3.36. The van der Waals surface area contributed by atoms with E-state index < -0.39 is 11.9 Å². The average molecular weight is 401 g/mol. The molecule has 0 saturated heterocycles. The molecule has 2 aromatic rings. The minimum atomic E-state index is -0.450. The third-order valence-electron chi connectivity index (χ3n) is 4.78. The van der Waals surface area contributed by atoms with Crippen molar-refractivity contribution < 1.29 is 19.1 Å². The summed E-state index contributed by atoms with van der Waals surface area (Å²) in [6.07, 6.45) is 2.95. The predicted octanol–water partition coefficient (Wildman–Crippen LogP) is 3.37. The molecule has 3 rings (SSSR count). The fourth-order valence-corrected chi connectivity index (χ4v) is 4.44. The summed E-state index contributed by atoms with van der Waals surface area (Å²) >= 11 is 1.59. The highest BCUT2D eigenvalue weighted by molar-refractivity contribution is 7.10. The zero-order valence-electron chi connectivity index (χ0n) is 16.3. The molecule has 1 heterocycles. The molecule has 7 heteroatoms. The van der Waals surface area contributed by atoms with Crippen LogP contribution in [-0.2, 0) is 22.4 Å². The maximum atomic E-state index is 12.4. The number of ether oxygens (including phenoxy) is 1. The summed E-state index contributed by atoms with van der Waals surface area (Å²) in [5.74, 6) is -0.340. The van der Waals surface area contributed by atoms with E-state index in [1.165, 1.54) is 9.78 Å². The molecule has 1 aliphatic rings. The molecular weight excluding hydrogens is 376 g/mol. The lowest BCUT2D eigenvalue weighted by atomic mass is 9.88. The maximum absolute atomic E-state index is 12.4. The normalized spacial score (nSPS) is 15.5. The van der Waals surface area contributed by atoms with Crippen molar-refractivity contribution in [2.45, 2.75) is 26.2 Å². The van der Waals surface area contributed by atoms with Crippen molar-refractivity contribution in [1.29, 1.82) is 0 Å². The molecule has 1 aromatic carbocycles. The lowest BCUT2D eigenvalue weighted by Crippen LogP contribution is -2.22. The van der Waals surface area contributed by atoms with Crippen LogP contribution in [0.25, 0.3) is 0 Å². The Hall–Kier alpha value is -2.67. The van der Waals surface area contributed by atoms with Gasteiger partial charge in [0.05, 0.1) is 5.56 Å². The van der Waals surface area contributed by atoms with Gasteiger partial charge in [0.2, 0.25) is 0 Å². The highest BCUT2D eigenvalue weighted by atomic mass is 32.1. The van der Waals surface area contributed by atoms with Gasteiger partial charge in [0.15, 0.2) is 6.61 Å². The Morgan fingerprint density at radius 1 is 1.21 bits per heavy atom. The third-order valence-corrected chi connectivity index (χ3v) is 5.83. The monoisotopic (exact) mass is 400 g/mol. The Morgan fingerprint density at radius 3 is 2.61 bits per heavy atom. The van der Waals surface area contributed by atoms with E-state index >= 15 is 0 Å². The highest BCUT2D eigenvalue weighted by Gasteiger charge is 2.24. The van der Waals surface area contributed by atoms with Crippen LogP contribution in [-0.4, -0.2) is 43.4 Å². The molecule has 1 aromatic heterocycles. The minimum Gasteiger partial charge on any atom is -0.452 e. The average Bonchev–Trinajstić information content (AvgIpc) is 3.09. The molecule has 148 valence electrons. The topological polar surface area (TPSA) is 75.7 Å². The number of fused-ring (bicyclic) bond motifs is 1. The Morgan fingerprint density at radius 2 is 1.93 bits per heavy atom. The summed E-state index contributed by atoms with van der Waals surface area (Å²) in [6.45, 7) is 1.87. The van der Waals surface area contributed by atoms with E-state index in [1.54, 1.807) is 49.7 Å². The Bertz CT molecular complexity index is 886. The standard InChI is InChI=1S/C21H24N2O4S/c1-13-4-9-16-17(12-28-18(16)10-13)21(26)27-11-19(24)22-15-7-5-14(6-8-15)20(25)23(2)3/h5-8,12-13H,4,9-11H2,1-3H3,(H,22,24). The predicted molar refractivity (Wildman–Crippen MR) is 109 cm³/mol. The van der Waals surface area contributed by atoms with Gasteiger partial charge in [0.25, 0.3) is 11.8 Å². The summed E-state index contributed by atoms with van der Waals surface area (Å²) in [4.78, 5) is 39.1. The van der Waals surface area contributed by atoms with Crippen molar-refractivity contribution in [1.82, 2.24) is 4.90 Å². The van der Waals surface area contributed by atoms with Gasteiger partial charge in [-0.05, 0) is 55.0 Å². The molecule has 1 aliphatic carbocycles. The van der Waals surface area contributed by atoms with E-state index in [0.29, 0.717) is 22.7 Å². The van der Waals surface area contributed by atoms with Gasteiger partial charge >= 0.3 is 5.97 Å². The second-order valence-corrected chi connectivity index (χ2v) is 8.26. The number of amides is 2. The number of carbonyl (C=O) groups is 3. The first kappa shape index (κ1) is 20.1. The van der Waals surface area contributed by atoms with Crippen LogP contribution in [0.3, 0.4) is 0 Å². The van der Waals surface area contributed by atoms with Crippen LogP contribution in [0, 0.1) is 5.92 Å². The van der Waals surface area contributed by atoms with E-state index in [9.17, 15) is 14.4 Å². The van der Waals surface area contributed by atoms with Crippen LogP contribution in [0.15, 0.2) is 29.6 Å². The van der Waals surface area contributed by atoms with Crippen molar-refractivity contribution in [2.24, 2.45) is 5.92 Å². The molecule has 0 aliphatic heterocycles. The zero-order chi connectivity index (χ0) is 20.3. The molecule has 1 atom stereocenters. The summed E-state index contributed by atoms with van der Waals surface area (Å²) in [5.41, 5.74) is 2.74. The van der Waals surface area contributed by atoms with Crippen LogP contribution >= 0.6 is 11.3 Å². The number of hydrogen-bond donors (Lipinski definition) is 1. The van der Waals surface area contributed by atoms with E-state index in [1.807, 2.05) is 5.38 Å². The smallest absolute Gasteiger partial charge is 0.339 e. The van der Waals surface area contributed by atoms with Gasteiger partial charge in [-0.3, -0.25) is 9.59 Å². The minimum absolute atomic E-state index is 0.111. The number of rotatable bonds is 5. The van der Waals surface area contributed by atoms with Gasteiger partial charge in [0, 0.05) is 35.6 Å². The lowest BCUT2D eigenvalue weighted by Gasteiger charge is -2.18. The molecule has 0 saturated carbocycles. The number of thiophene rings is 1. The fraction of sp³-hybridized carbons (Fsp3) is 0.381. The molecule has 0 radical (unpaired) electrons. The van der Waals surface area contributed by atoms with Crippen LogP contribution in [0.1, 0.15) is 44.5 Å². The van der Waals surface area contributed by atoms with E-state index in [4.69, 9.17) is 4.74 Å². The van der Waals surface area contributed by atoms with Gasteiger partial charge in [0.1, 0.15) is 0 Å². The number of nitrogens with zero attached hydrogens (tertiary/aromatic N) is 1. The molecule has 6 nitrogen and oxygen atoms in total. The number of hydrogen-bond acceptors (Lipinski definition) is 5. The molecule has 0 spiro atoms. The van der Waals surface area contributed by atoms with Crippen molar-refractivity contribution in [3.05, 3.63) is 51.2 Å². The number of carbonyl (C=O) groups excluding carboxylic acids is 3. The second kappa shape index (κ2) is 8.56. The molecular formula is C21H24N2O4S. The highest BCUT2D eigenvalue weighted by Crippen LogP contribution is 2.33. The Kier molecular flexibility index (Phi) is 6.14. The second-order valence-electron chi connectivity index (χ2n) is 7.30. The largest absolute Gasteiger partial charge is 0.452 e. The van der Waals surface area contributed by atoms with Gasteiger partial charge < -0.3 is 15.0 Å². The van der Waals surface area contributed by atoms with Gasteiger partial charge in [-0.15, -0.1) is 11.3 Å². The van der Waals surface area contributed by atoms with Gasteiger partial charge in [-0.2, -0.15) is 0 Å². The molecule has 1 N–H and O–H groups in total. The molecule has 2 amide bonds. The molecule has 0 fully saturated rings. The van der Waals surface area contributed by atoms with Crippen LogP contribution in [0.5, 0.6) is 0 Å². The summed E-state index contributed by atoms with van der Waals surface area (Å²) in [5, 5.41) is 4.50. The first-order valence-electron chi connectivity index (χ1n) is 9.23. The van der Waals surface area contributed by atoms with Crippen molar-refractivity contribution >= 4 is 34.8 Å². The van der Waals surface area contributed by atoms with Crippen LogP contribution in [0.2, 0.25) is 0 Å². The van der Waals surface area contributed by atoms with Crippen molar-refractivity contribution in [2.75, 3.05) is 26.0 Å². The van der Waals surface area contributed by atoms with E-state index in [-0.39, 0.29) is 12.5 Å².